The molecule has 27 heavy (non-hydrogen) atoms. The van der Waals surface area contributed by atoms with Crippen molar-refractivity contribution in [1.82, 2.24) is 15.1 Å². The van der Waals surface area contributed by atoms with Gasteiger partial charge in [0.05, 0.1) is 13.0 Å². The smallest absolute Gasteiger partial charge is 0.263 e. The van der Waals surface area contributed by atoms with Crippen molar-refractivity contribution < 1.29 is 19.1 Å². The van der Waals surface area contributed by atoms with E-state index in [9.17, 15) is 9.59 Å². The SMILES string of the molecule is COc1ccc(O[C@@H](C)C(=O)N2CCC[C@H](C(=O)Nc3nncs3)C2)cc1. The second-order valence-corrected chi connectivity index (χ2v) is 7.13. The van der Waals surface area contributed by atoms with Gasteiger partial charge in [-0.25, -0.2) is 0 Å². The van der Waals surface area contributed by atoms with Crippen LogP contribution in [0, 0.1) is 5.92 Å². The maximum atomic E-state index is 12.7. The Morgan fingerprint density at radius 3 is 2.70 bits per heavy atom. The van der Waals surface area contributed by atoms with Gasteiger partial charge in [-0.3, -0.25) is 9.59 Å². The Bertz CT molecular complexity index is 766. The maximum absolute atomic E-state index is 12.7. The maximum Gasteiger partial charge on any atom is 0.263 e. The third-order valence-corrected chi connectivity index (χ3v) is 5.02. The molecule has 2 heterocycles. The normalized spacial score (nSPS) is 17.9. The van der Waals surface area contributed by atoms with Gasteiger partial charge in [-0.05, 0) is 44.0 Å². The number of nitrogens with one attached hydrogen (secondary N) is 1. The van der Waals surface area contributed by atoms with Gasteiger partial charge in [-0.1, -0.05) is 11.3 Å². The zero-order valence-electron chi connectivity index (χ0n) is 15.3. The van der Waals surface area contributed by atoms with E-state index in [1.165, 1.54) is 11.3 Å². The van der Waals surface area contributed by atoms with Gasteiger partial charge in [-0.15, -0.1) is 10.2 Å². The van der Waals surface area contributed by atoms with Crippen molar-refractivity contribution in [2.75, 3.05) is 25.5 Å². The molecule has 1 fully saturated rings. The predicted octanol–water partition coefficient (Wildman–Crippen LogP) is 2.19. The molecule has 3 rings (SSSR count). The van der Waals surface area contributed by atoms with Gasteiger partial charge in [-0.2, -0.15) is 0 Å². The van der Waals surface area contributed by atoms with Crippen molar-refractivity contribution in [3.63, 3.8) is 0 Å². The second kappa shape index (κ2) is 8.81. The minimum atomic E-state index is -0.636. The number of piperidine rings is 1. The largest absolute Gasteiger partial charge is 0.497 e. The van der Waals surface area contributed by atoms with E-state index in [1.54, 1.807) is 48.7 Å². The second-order valence-electron chi connectivity index (χ2n) is 6.29. The summed E-state index contributed by atoms with van der Waals surface area (Å²) < 4.78 is 10.9. The van der Waals surface area contributed by atoms with Crippen LogP contribution in [0.25, 0.3) is 0 Å². The van der Waals surface area contributed by atoms with Crippen molar-refractivity contribution in [1.29, 1.82) is 0 Å². The summed E-state index contributed by atoms with van der Waals surface area (Å²) in [5.41, 5.74) is 1.56. The number of benzene rings is 1. The molecule has 1 aromatic carbocycles. The van der Waals surface area contributed by atoms with Crippen molar-refractivity contribution in [2.45, 2.75) is 25.9 Å². The predicted molar refractivity (Wildman–Crippen MR) is 101 cm³/mol. The van der Waals surface area contributed by atoms with E-state index in [0.717, 1.165) is 18.6 Å². The van der Waals surface area contributed by atoms with E-state index in [1.807, 2.05) is 0 Å². The van der Waals surface area contributed by atoms with E-state index in [4.69, 9.17) is 9.47 Å². The third kappa shape index (κ3) is 4.94. The first-order chi connectivity index (χ1) is 13.1. The molecule has 0 aliphatic carbocycles. The molecule has 0 spiro atoms. The molecule has 0 bridgehead atoms. The highest BCUT2D eigenvalue weighted by Crippen LogP contribution is 2.22. The van der Waals surface area contributed by atoms with Crippen molar-refractivity contribution in [3.05, 3.63) is 29.8 Å². The Hall–Kier alpha value is -2.68. The van der Waals surface area contributed by atoms with E-state index >= 15 is 0 Å². The molecule has 2 atom stereocenters. The average molecular weight is 390 g/mol. The molecule has 8 nitrogen and oxygen atoms in total. The molecule has 9 heteroatoms. The van der Waals surface area contributed by atoms with Crippen LogP contribution in [-0.4, -0.2) is 53.2 Å². The summed E-state index contributed by atoms with van der Waals surface area (Å²) >= 11 is 1.27. The summed E-state index contributed by atoms with van der Waals surface area (Å²) in [5, 5.41) is 10.7. The Morgan fingerprint density at radius 1 is 1.30 bits per heavy atom. The third-order valence-electron chi connectivity index (χ3n) is 4.41. The summed E-state index contributed by atoms with van der Waals surface area (Å²) in [6.45, 7) is 2.72. The number of ether oxygens (including phenoxy) is 2. The lowest BCUT2D eigenvalue weighted by atomic mass is 9.97. The Labute approximate surface area is 161 Å². The highest BCUT2D eigenvalue weighted by molar-refractivity contribution is 7.13. The number of aromatic nitrogens is 2. The van der Waals surface area contributed by atoms with Crippen LogP contribution in [0.2, 0.25) is 0 Å². The van der Waals surface area contributed by atoms with Crippen LogP contribution in [0.5, 0.6) is 11.5 Å². The number of rotatable bonds is 6. The van der Waals surface area contributed by atoms with E-state index in [2.05, 4.69) is 15.5 Å². The lowest BCUT2D eigenvalue weighted by molar-refractivity contribution is -0.140. The van der Waals surface area contributed by atoms with E-state index in [-0.39, 0.29) is 17.7 Å². The van der Waals surface area contributed by atoms with Gasteiger partial charge < -0.3 is 19.7 Å². The Balaban J connectivity index is 1.55. The van der Waals surface area contributed by atoms with E-state index in [0.29, 0.717) is 24.0 Å². The first-order valence-electron chi connectivity index (χ1n) is 8.73. The Morgan fingerprint density at radius 2 is 2.04 bits per heavy atom. The molecule has 1 aromatic heterocycles. The van der Waals surface area contributed by atoms with Crippen LogP contribution in [-0.2, 0) is 9.59 Å². The lowest BCUT2D eigenvalue weighted by Gasteiger charge is -2.33. The van der Waals surface area contributed by atoms with Gasteiger partial charge in [0.1, 0.15) is 17.0 Å². The molecular weight excluding hydrogens is 368 g/mol. The van der Waals surface area contributed by atoms with Gasteiger partial charge in [0.2, 0.25) is 11.0 Å². The summed E-state index contributed by atoms with van der Waals surface area (Å²) in [6, 6.07) is 7.08. The summed E-state index contributed by atoms with van der Waals surface area (Å²) in [7, 11) is 1.59. The van der Waals surface area contributed by atoms with Crippen LogP contribution < -0.4 is 14.8 Å². The van der Waals surface area contributed by atoms with Crippen molar-refractivity contribution in [2.24, 2.45) is 5.92 Å². The van der Waals surface area contributed by atoms with Crippen LogP contribution in [0.3, 0.4) is 0 Å². The number of anilines is 1. The van der Waals surface area contributed by atoms with Gasteiger partial charge in [0.15, 0.2) is 6.10 Å². The molecule has 0 radical (unpaired) electrons. The molecular formula is C18H22N4O4S. The molecule has 0 unspecified atom stereocenters. The van der Waals surface area contributed by atoms with Crippen LogP contribution in [0.15, 0.2) is 29.8 Å². The molecule has 2 amide bonds. The highest BCUT2D eigenvalue weighted by Gasteiger charge is 2.31. The standard InChI is InChI=1S/C18H22N4O4S/c1-12(26-15-7-5-14(25-2)6-8-15)17(24)22-9-3-4-13(10-22)16(23)20-18-21-19-11-27-18/h5-8,11-13H,3-4,9-10H2,1-2H3,(H,20,21,23)/t12-,13-/m0/s1. The monoisotopic (exact) mass is 390 g/mol. The topological polar surface area (TPSA) is 93.7 Å². The molecule has 144 valence electrons. The number of amides is 2. The molecule has 2 aromatic rings. The zero-order chi connectivity index (χ0) is 19.2. The number of methoxy groups -OCH3 is 1. The number of hydrogen-bond donors (Lipinski definition) is 1. The average Bonchev–Trinajstić information content (AvgIpc) is 3.21. The fourth-order valence-corrected chi connectivity index (χ4v) is 3.44. The number of carbonyl (C=O) groups is 2. The number of carbonyl (C=O) groups excluding carboxylic acids is 2. The molecule has 1 N–H and O–H groups in total. The highest BCUT2D eigenvalue weighted by atomic mass is 32.1. The zero-order valence-corrected chi connectivity index (χ0v) is 16.1. The minimum absolute atomic E-state index is 0.126. The molecule has 0 saturated carbocycles. The lowest BCUT2D eigenvalue weighted by Crippen LogP contribution is -2.48. The first kappa shape index (κ1) is 19.1. The molecule has 1 aliphatic heterocycles. The summed E-state index contributed by atoms with van der Waals surface area (Å²) in [5.74, 6) is 0.799. The number of hydrogen-bond acceptors (Lipinski definition) is 7. The fraction of sp³-hybridized carbons (Fsp3) is 0.444. The minimum Gasteiger partial charge on any atom is -0.497 e. The van der Waals surface area contributed by atoms with Crippen LogP contribution >= 0.6 is 11.3 Å². The number of nitrogens with zero attached hydrogens (tertiary/aromatic N) is 3. The van der Waals surface area contributed by atoms with Gasteiger partial charge in [0, 0.05) is 13.1 Å². The van der Waals surface area contributed by atoms with Crippen molar-refractivity contribution >= 4 is 28.3 Å². The quantitative estimate of drug-likeness (QED) is 0.813. The van der Waals surface area contributed by atoms with Crippen LogP contribution in [0.4, 0.5) is 5.13 Å². The van der Waals surface area contributed by atoms with E-state index < -0.39 is 6.10 Å². The summed E-state index contributed by atoms with van der Waals surface area (Å²) in [6.07, 6.45) is 0.875. The molecule has 1 saturated heterocycles. The molecule has 1 aliphatic rings. The Kier molecular flexibility index (Phi) is 6.23. The van der Waals surface area contributed by atoms with Gasteiger partial charge >= 0.3 is 0 Å². The first-order valence-corrected chi connectivity index (χ1v) is 9.61. The number of likely N-dealkylation sites (tertiary alicyclic amines) is 1. The van der Waals surface area contributed by atoms with Crippen molar-refractivity contribution in [3.8, 4) is 11.5 Å². The van der Waals surface area contributed by atoms with Gasteiger partial charge in [0.25, 0.3) is 5.91 Å². The fourth-order valence-electron chi connectivity index (χ4n) is 2.99. The summed E-state index contributed by atoms with van der Waals surface area (Å²) in [4.78, 5) is 26.8. The van der Waals surface area contributed by atoms with Crippen LogP contribution in [0.1, 0.15) is 19.8 Å².